The van der Waals surface area contributed by atoms with E-state index in [9.17, 15) is 9.59 Å². The van der Waals surface area contributed by atoms with Gasteiger partial charge in [0.1, 0.15) is 0 Å². The lowest BCUT2D eigenvalue weighted by Crippen LogP contribution is -2.45. The second-order valence-electron chi connectivity index (χ2n) is 5.79. The summed E-state index contributed by atoms with van der Waals surface area (Å²) >= 11 is 0. The monoisotopic (exact) mass is 305 g/mol. The van der Waals surface area contributed by atoms with Crippen molar-refractivity contribution in [3.63, 3.8) is 0 Å². The van der Waals surface area contributed by atoms with E-state index in [0.29, 0.717) is 19.6 Å². The molecule has 0 fully saturated rings. The molecule has 0 saturated carbocycles. The number of benzene rings is 1. The van der Waals surface area contributed by atoms with Crippen molar-refractivity contribution < 1.29 is 9.59 Å². The summed E-state index contributed by atoms with van der Waals surface area (Å²) in [6.07, 6.45) is 0. The Labute approximate surface area is 133 Å². The fourth-order valence-electron chi connectivity index (χ4n) is 2.20. The predicted molar refractivity (Wildman–Crippen MR) is 88.3 cm³/mol. The molecule has 0 unspecified atom stereocenters. The van der Waals surface area contributed by atoms with Crippen LogP contribution >= 0.6 is 0 Å². The Hall–Kier alpha value is -1.88. The third kappa shape index (κ3) is 6.72. The second kappa shape index (κ2) is 9.20. The Morgan fingerprint density at radius 2 is 1.77 bits per heavy atom. The fourth-order valence-corrected chi connectivity index (χ4v) is 2.20. The van der Waals surface area contributed by atoms with Gasteiger partial charge >= 0.3 is 0 Å². The number of carbonyl (C=O) groups excluding carboxylic acids is 2. The van der Waals surface area contributed by atoms with Crippen molar-refractivity contribution >= 4 is 11.8 Å². The average Bonchev–Trinajstić information content (AvgIpc) is 2.44. The van der Waals surface area contributed by atoms with Crippen LogP contribution in [0.4, 0.5) is 0 Å². The van der Waals surface area contributed by atoms with Gasteiger partial charge < -0.3 is 10.2 Å². The van der Waals surface area contributed by atoms with E-state index in [-0.39, 0.29) is 24.4 Å². The van der Waals surface area contributed by atoms with Crippen molar-refractivity contribution in [2.75, 3.05) is 26.7 Å². The van der Waals surface area contributed by atoms with Crippen LogP contribution in [0.3, 0.4) is 0 Å². The Morgan fingerprint density at radius 1 is 1.14 bits per heavy atom. The lowest BCUT2D eigenvalue weighted by Gasteiger charge is -2.24. The first-order valence-corrected chi connectivity index (χ1v) is 7.72. The minimum atomic E-state index is -0.115. The Bertz CT molecular complexity index is 474. The van der Waals surface area contributed by atoms with Gasteiger partial charge in [0.05, 0.1) is 13.1 Å². The highest BCUT2D eigenvalue weighted by Crippen LogP contribution is 2.03. The molecule has 1 aromatic carbocycles. The third-order valence-electron chi connectivity index (χ3n) is 3.22. The third-order valence-corrected chi connectivity index (χ3v) is 3.22. The van der Waals surface area contributed by atoms with Gasteiger partial charge in [0, 0.05) is 19.1 Å². The molecule has 5 nitrogen and oxygen atoms in total. The van der Waals surface area contributed by atoms with Crippen LogP contribution in [0.5, 0.6) is 0 Å². The fraction of sp³-hybridized carbons (Fsp3) is 0.529. The molecule has 22 heavy (non-hydrogen) atoms. The highest BCUT2D eigenvalue weighted by molar-refractivity contribution is 5.85. The minimum absolute atomic E-state index is 0.0279. The van der Waals surface area contributed by atoms with E-state index >= 15 is 0 Å². The van der Waals surface area contributed by atoms with Crippen molar-refractivity contribution in [2.24, 2.45) is 0 Å². The van der Waals surface area contributed by atoms with Gasteiger partial charge in [-0.1, -0.05) is 30.3 Å². The molecule has 0 atom stereocenters. The van der Waals surface area contributed by atoms with Crippen LogP contribution < -0.4 is 5.32 Å². The van der Waals surface area contributed by atoms with E-state index in [0.717, 1.165) is 0 Å². The SMILES string of the molecule is CCN(CC(=O)NC(C)C)C(=O)CN(C)Cc1ccccc1. The Morgan fingerprint density at radius 3 is 2.32 bits per heavy atom. The standard InChI is InChI=1S/C17H27N3O2/c1-5-20(12-16(21)18-14(2)3)17(22)13-19(4)11-15-9-7-6-8-10-15/h6-10,14H,5,11-13H2,1-4H3,(H,18,21). The van der Waals surface area contributed by atoms with Crippen molar-refractivity contribution in [1.29, 1.82) is 0 Å². The van der Waals surface area contributed by atoms with Gasteiger partial charge in [0.2, 0.25) is 11.8 Å². The van der Waals surface area contributed by atoms with E-state index in [1.807, 2.05) is 63.1 Å². The van der Waals surface area contributed by atoms with Gasteiger partial charge in [0.25, 0.3) is 0 Å². The molecule has 0 heterocycles. The highest BCUT2D eigenvalue weighted by atomic mass is 16.2. The van der Waals surface area contributed by atoms with E-state index < -0.39 is 0 Å². The summed E-state index contributed by atoms with van der Waals surface area (Å²) in [4.78, 5) is 27.6. The van der Waals surface area contributed by atoms with Gasteiger partial charge in [-0.3, -0.25) is 14.5 Å². The van der Waals surface area contributed by atoms with Crippen LogP contribution in [0.2, 0.25) is 0 Å². The van der Waals surface area contributed by atoms with Crippen LogP contribution in [0.1, 0.15) is 26.3 Å². The van der Waals surface area contributed by atoms with Crippen LogP contribution in [0, 0.1) is 0 Å². The lowest BCUT2D eigenvalue weighted by atomic mass is 10.2. The molecule has 0 radical (unpaired) electrons. The van der Waals surface area contributed by atoms with Gasteiger partial charge in [0.15, 0.2) is 0 Å². The molecule has 1 rings (SSSR count). The van der Waals surface area contributed by atoms with Crippen LogP contribution in [-0.2, 0) is 16.1 Å². The molecule has 0 spiro atoms. The summed E-state index contributed by atoms with van der Waals surface area (Å²) < 4.78 is 0. The molecular weight excluding hydrogens is 278 g/mol. The summed E-state index contributed by atoms with van der Waals surface area (Å²) in [5.41, 5.74) is 1.17. The molecule has 1 aromatic rings. The summed E-state index contributed by atoms with van der Waals surface area (Å²) in [6, 6.07) is 10.1. The Balaban J connectivity index is 2.48. The summed E-state index contributed by atoms with van der Waals surface area (Å²) in [5.74, 6) is -0.143. The maximum Gasteiger partial charge on any atom is 0.239 e. The number of amides is 2. The van der Waals surface area contributed by atoms with Crippen LogP contribution in [0.25, 0.3) is 0 Å². The molecule has 0 aromatic heterocycles. The summed E-state index contributed by atoms with van der Waals surface area (Å²) in [5, 5.41) is 2.81. The van der Waals surface area contributed by atoms with Crippen molar-refractivity contribution in [3.05, 3.63) is 35.9 Å². The molecule has 0 aliphatic rings. The Kier molecular flexibility index (Phi) is 7.60. The van der Waals surface area contributed by atoms with Gasteiger partial charge in [-0.25, -0.2) is 0 Å². The second-order valence-corrected chi connectivity index (χ2v) is 5.79. The zero-order valence-electron chi connectivity index (χ0n) is 14.0. The number of rotatable bonds is 8. The number of hydrogen-bond donors (Lipinski definition) is 1. The first kappa shape index (κ1) is 18.2. The van der Waals surface area contributed by atoms with Crippen molar-refractivity contribution in [1.82, 2.24) is 15.1 Å². The first-order valence-electron chi connectivity index (χ1n) is 7.72. The molecule has 2 amide bonds. The molecule has 122 valence electrons. The van der Waals surface area contributed by atoms with Gasteiger partial charge in [-0.2, -0.15) is 0 Å². The van der Waals surface area contributed by atoms with Crippen LogP contribution in [0.15, 0.2) is 30.3 Å². The van der Waals surface area contributed by atoms with Gasteiger partial charge in [-0.15, -0.1) is 0 Å². The van der Waals surface area contributed by atoms with Crippen molar-refractivity contribution in [2.45, 2.75) is 33.4 Å². The van der Waals surface area contributed by atoms with E-state index in [2.05, 4.69) is 5.32 Å². The lowest BCUT2D eigenvalue weighted by molar-refractivity contribution is -0.136. The molecule has 0 bridgehead atoms. The highest BCUT2D eigenvalue weighted by Gasteiger charge is 2.17. The molecule has 0 saturated heterocycles. The molecule has 5 heteroatoms. The number of hydrogen-bond acceptors (Lipinski definition) is 3. The van der Waals surface area contributed by atoms with Crippen LogP contribution in [-0.4, -0.2) is 54.3 Å². The number of carbonyl (C=O) groups is 2. The van der Waals surface area contributed by atoms with Crippen molar-refractivity contribution in [3.8, 4) is 0 Å². The quantitative estimate of drug-likeness (QED) is 0.792. The van der Waals surface area contributed by atoms with E-state index in [1.165, 1.54) is 5.56 Å². The molecule has 1 N–H and O–H groups in total. The van der Waals surface area contributed by atoms with Gasteiger partial charge in [-0.05, 0) is 33.4 Å². The van der Waals surface area contributed by atoms with E-state index in [1.54, 1.807) is 4.90 Å². The largest absolute Gasteiger partial charge is 0.352 e. The predicted octanol–water partition coefficient (Wildman–Crippen LogP) is 1.49. The maximum absolute atomic E-state index is 12.3. The molecule has 0 aliphatic heterocycles. The zero-order chi connectivity index (χ0) is 16.5. The maximum atomic E-state index is 12.3. The first-order chi connectivity index (χ1) is 10.4. The molecule has 0 aliphatic carbocycles. The van der Waals surface area contributed by atoms with E-state index in [4.69, 9.17) is 0 Å². The zero-order valence-corrected chi connectivity index (χ0v) is 14.0. The number of nitrogens with one attached hydrogen (secondary N) is 1. The minimum Gasteiger partial charge on any atom is -0.352 e. The number of nitrogens with zero attached hydrogens (tertiary/aromatic N) is 2. The smallest absolute Gasteiger partial charge is 0.239 e. The normalized spacial score (nSPS) is 10.8. The topological polar surface area (TPSA) is 52.7 Å². The summed E-state index contributed by atoms with van der Waals surface area (Å²) in [6.45, 7) is 7.36. The summed E-state index contributed by atoms with van der Waals surface area (Å²) in [7, 11) is 1.91. The molecular formula is C17H27N3O2. The average molecular weight is 305 g/mol. The number of likely N-dealkylation sites (N-methyl/N-ethyl adjacent to an activating group) is 2.